The van der Waals surface area contributed by atoms with Gasteiger partial charge in [0.2, 0.25) is 5.91 Å². The second-order valence-corrected chi connectivity index (χ2v) is 8.23. The van der Waals surface area contributed by atoms with E-state index >= 15 is 0 Å². The third-order valence-electron chi connectivity index (χ3n) is 5.95. The molecule has 10 heteroatoms. The van der Waals surface area contributed by atoms with E-state index in [0.29, 0.717) is 11.5 Å². The SMILES string of the molecule is CCc1cccc(CC)c1NC(=O)COC(=O)[C@@H]1CC(=O)N(NC(=O)c2ccc(OC)c(OC)c2)C1. The maximum Gasteiger partial charge on any atom is 0.311 e. The van der Waals surface area contributed by atoms with Crippen LogP contribution in [0.4, 0.5) is 5.69 Å². The van der Waals surface area contributed by atoms with E-state index in [1.807, 2.05) is 32.0 Å². The smallest absolute Gasteiger partial charge is 0.311 e. The van der Waals surface area contributed by atoms with Crippen molar-refractivity contribution in [3.05, 3.63) is 53.1 Å². The Morgan fingerprint density at radius 2 is 1.67 bits per heavy atom. The van der Waals surface area contributed by atoms with E-state index in [1.165, 1.54) is 26.4 Å². The number of carbonyl (C=O) groups is 4. The van der Waals surface area contributed by atoms with Crippen molar-refractivity contribution in [1.29, 1.82) is 0 Å². The number of amides is 3. The number of hydrogen-bond donors (Lipinski definition) is 2. The van der Waals surface area contributed by atoms with Crippen LogP contribution in [0.5, 0.6) is 11.5 Å². The summed E-state index contributed by atoms with van der Waals surface area (Å²) in [5, 5.41) is 3.92. The Hall–Kier alpha value is -4.08. The van der Waals surface area contributed by atoms with Crippen LogP contribution in [-0.2, 0) is 32.0 Å². The van der Waals surface area contributed by atoms with Crippen LogP contribution in [0.2, 0.25) is 0 Å². The molecule has 1 saturated heterocycles. The summed E-state index contributed by atoms with van der Waals surface area (Å²) in [7, 11) is 2.93. The summed E-state index contributed by atoms with van der Waals surface area (Å²) >= 11 is 0. The Morgan fingerprint density at radius 1 is 1.00 bits per heavy atom. The first kappa shape index (κ1) is 26.5. The molecule has 2 aromatic carbocycles. The van der Waals surface area contributed by atoms with E-state index < -0.39 is 36.2 Å². The summed E-state index contributed by atoms with van der Waals surface area (Å²) in [6.45, 7) is 3.47. The van der Waals surface area contributed by atoms with Crippen molar-refractivity contribution in [2.24, 2.45) is 5.92 Å². The van der Waals surface area contributed by atoms with Gasteiger partial charge >= 0.3 is 5.97 Å². The molecule has 192 valence electrons. The molecule has 2 aromatic rings. The van der Waals surface area contributed by atoms with Crippen molar-refractivity contribution in [3.8, 4) is 11.5 Å². The van der Waals surface area contributed by atoms with Crippen LogP contribution in [0.1, 0.15) is 41.8 Å². The van der Waals surface area contributed by atoms with Crippen LogP contribution in [-0.4, -0.2) is 56.1 Å². The molecule has 0 unspecified atom stereocenters. The molecular formula is C26H31N3O7. The van der Waals surface area contributed by atoms with Crippen LogP contribution in [0.15, 0.2) is 36.4 Å². The highest BCUT2D eigenvalue weighted by molar-refractivity contribution is 5.97. The zero-order valence-electron chi connectivity index (χ0n) is 20.9. The molecule has 1 heterocycles. The van der Waals surface area contributed by atoms with Gasteiger partial charge < -0.3 is 19.5 Å². The molecule has 10 nitrogen and oxygen atoms in total. The van der Waals surface area contributed by atoms with Crippen molar-refractivity contribution in [2.45, 2.75) is 33.1 Å². The minimum Gasteiger partial charge on any atom is -0.493 e. The number of nitrogens with zero attached hydrogens (tertiary/aromatic N) is 1. The molecule has 3 amide bonds. The van der Waals surface area contributed by atoms with Crippen molar-refractivity contribution < 1.29 is 33.4 Å². The Labute approximate surface area is 209 Å². The number of anilines is 1. The minimum absolute atomic E-state index is 0.0586. The first-order valence-electron chi connectivity index (χ1n) is 11.7. The molecule has 0 radical (unpaired) electrons. The average molecular weight is 498 g/mol. The van der Waals surface area contributed by atoms with Crippen molar-refractivity contribution >= 4 is 29.4 Å². The number of hydrogen-bond acceptors (Lipinski definition) is 7. The van der Waals surface area contributed by atoms with Gasteiger partial charge in [0.25, 0.3) is 11.8 Å². The van der Waals surface area contributed by atoms with E-state index in [1.54, 1.807) is 6.07 Å². The number of nitrogens with one attached hydrogen (secondary N) is 2. The minimum atomic E-state index is -0.801. The summed E-state index contributed by atoms with van der Waals surface area (Å²) in [5.41, 5.74) is 5.49. The second kappa shape index (κ2) is 12.1. The number of aryl methyl sites for hydroxylation is 2. The number of rotatable bonds is 10. The standard InChI is InChI=1S/C26H31N3O7/c1-5-16-8-7-9-17(6-2)24(16)27-22(30)15-36-26(33)19-13-23(31)29(14-19)28-25(32)18-10-11-20(34-3)21(12-18)35-4/h7-12,19H,5-6,13-15H2,1-4H3,(H,27,30)(H,28,32)/t19-/m1/s1. The first-order chi connectivity index (χ1) is 17.3. The fourth-order valence-electron chi connectivity index (χ4n) is 3.97. The molecule has 1 atom stereocenters. The average Bonchev–Trinajstić information content (AvgIpc) is 3.26. The number of hydrazine groups is 1. The number of benzene rings is 2. The van der Waals surface area contributed by atoms with Crippen LogP contribution < -0.4 is 20.2 Å². The third-order valence-corrected chi connectivity index (χ3v) is 5.95. The van der Waals surface area contributed by atoms with Gasteiger partial charge in [-0.1, -0.05) is 32.0 Å². The molecule has 1 aliphatic rings. The van der Waals surface area contributed by atoms with Gasteiger partial charge in [0, 0.05) is 17.7 Å². The third kappa shape index (κ3) is 6.12. The van der Waals surface area contributed by atoms with Crippen LogP contribution in [0, 0.1) is 5.92 Å². The Balaban J connectivity index is 1.54. The van der Waals surface area contributed by atoms with Gasteiger partial charge in [-0.25, -0.2) is 0 Å². The molecule has 36 heavy (non-hydrogen) atoms. The highest BCUT2D eigenvalue weighted by atomic mass is 16.5. The molecule has 0 saturated carbocycles. The predicted molar refractivity (Wildman–Crippen MR) is 132 cm³/mol. The normalized spacial score (nSPS) is 14.8. The molecule has 2 N–H and O–H groups in total. The predicted octanol–water partition coefficient (Wildman–Crippen LogP) is 2.50. The maximum absolute atomic E-state index is 12.6. The van der Waals surface area contributed by atoms with Gasteiger partial charge in [-0.15, -0.1) is 0 Å². The fraction of sp³-hybridized carbons (Fsp3) is 0.385. The fourth-order valence-corrected chi connectivity index (χ4v) is 3.97. The Bertz CT molecular complexity index is 1130. The van der Waals surface area contributed by atoms with Gasteiger partial charge in [-0.05, 0) is 42.2 Å². The summed E-state index contributed by atoms with van der Waals surface area (Å²) < 4.78 is 15.5. The van der Waals surface area contributed by atoms with Gasteiger partial charge in [0.05, 0.1) is 26.7 Å². The monoisotopic (exact) mass is 497 g/mol. The number of esters is 1. The summed E-state index contributed by atoms with van der Waals surface area (Å²) in [5.74, 6) is -2.08. The summed E-state index contributed by atoms with van der Waals surface area (Å²) in [6.07, 6.45) is 1.36. The van der Waals surface area contributed by atoms with Gasteiger partial charge in [-0.3, -0.25) is 29.6 Å². The Morgan fingerprint density at radius 3 is 2.28 bits per heavy atom. The van der Waals surface area contributed by atoms with Crippen molar-refractivity contribution in [1.82, 2.24) is 10.4 Å². The molecule has 1 fully saturated rings. The zero-order chi connectivity index (χ0) is 26.2. The van der Waals surface area contributed by atoms with Gasteiger partial charge in [0.15, 0.2) is 18.1 Å². The molecule has 1 aliphatic heterocycles. The Kier molecular flexibility index (Phi) is 8.88. The lowest BCUT2D eigenvalue weighted by Crippen LogP contribution is -2.43. The van der Waals surface area contributed by atoms with Crippen molar-refractivity contribution in [2.75, 3.05) is 32.7 Å². The van der Waals surface area contributed by atoms with E-state index in [0.717, 1.165) is 34.7 Å². The lowest BCUT2D eigenvalue weighted by molar-refractivity contribution is -0.151. The van der Waals surface area contributed by atoms with Crippen LogP contribution in [0.25, 0.3) is 0 Å². The van der Waals surface area contributed by atoms with E-state index in [-0.39, 0.29) is 18.5 Å². The molecule has 0 spiro atoms. The van der Waals surface area contributed by atoms with Crippen LogP contribution in [0.3, 0.4) is 0 Å². The van der Waals surface area contributed by atoms with E-state index in [9.17, 15) is 19.2 Å². The largest absolute Gasteiger partial charge is 0.493 e. The molecule has 0 aromatic heterocycles. The van der Waals surface area contributed by atoms with E-state index in [2.05, 4.69) is 10.7 Å². The number of para-hydroxylation sites is 1. The number of ether oxygens (including phenoxy) is 3. The lowest BCUT2D eigenvalue weighted by Gasteiger charge is -2.18. The molecule has 0 bridgehead atoms. The lowest BCUT2D eigenvalue weighted by atomic mass is 10.0. The summed E-state index contributed by atoms with van der Waals surface area (Å²) in [6, 6.07) is 10.4. The molecule has 0 aliphatic carbocycles. The zero-order valence-corrected chi connectivity index (χ0v) is 20.9. The highest BCUT2D eigenvalue weighted by Crippen LogP contribution is 2.28. The van der Waals surface area contributed by atoms with Gasteiger partial charge in [0.1, 0.15) is 0 Å². The topological polar surface area (TPSA) is 123 Å². The number of carbonyl (C=O) groups excluding carboxylic acids is 4. The van der Waals surface area contributed by atoms with Gasteiger partial charge in [-0.2, -0.15) is 0 Å². The quantitative estimate of drug-likeness (QED) is 0.484. The maximum atomic E-state index is 12.6. The molecular weight excluding hydrogens is 466 g/mol. The van der Waals surface area contributed by atoms with E-state index in [4.69, 9.17) is 14.2 Å². The van der Waals surface area contributed by atoms with Crippen LogP contribution >= 0.6 is 0 Å². The highest BCUT2D eigenvalue weighted by Gasteiger charge is 2.37. The molecule has 3 rings (SSSR count). The summed E-state index contributed by atoms with van der Waals surface area (Å²) in [4.78, 5) is 50.0. The second-order valence-electron chi connectivity index (χ2n) is 8.23. The first-order valence-corrected chi connectivity index (χ1v) is 11.7. The van der Waals surface area contributed by atoms with Crippen molar-refractivity contribution in [3.63, 3.8) is 0 Å². The number of methoxy groups -OCH3 is 2.